The van der Waals surface area contributed by atoms with Gasteiger partial charge in [-0.3, -0.25) is 4.79 Å². The number of nitrogens with one attached hydrogen (secondary N) is 1. The number of carbonyl (C=O) groups excluding carboxylic acids is 1. The van der Waals surface area contributed by atoms with Crippen molar-refractivity contribution in [1.29, 1.82) is 0 Å². The highest BCUT2D eigenvalue weighted by Crippen LogP contribution is 2.30. The van der Waals surface area contributed by atoms with Crippen LogP contribution >= 0.6 is 11.6 Å². The lowest BCUT2D eigenvalue weighted by Gasteiger charge is -2.14. The van der Waals surface area contributed by atoms with E-state index in [1.54, 1.807) is 35.3 Å². The first-order chi connectivity index (χ1) is 13.7. The fourth-order valence-corrected chi connectivity index (χ4v) is 3.08. The van der Waals surface area contributed by atoms with Gasteiger partial charge in [0.15, 0.2) is 0 Å². The minimum atomic E-state index is -0.314. The lowest BCUT2D eigenvalue weighted by molar-refractivity contribution is 0.102. The standard InChI is InChI=1S/C20H16ClN5O2/c1-28-19-11-18(25-8-2-3-9-25)17(21)10-16(19)20(27)24-14-4-6-15(7-5-14)26-13-22-12-23-26/h2-13H,1H3,(H,24,27). The average molecular weight is 394 g/mol. The summed E-state index contributed by atoms with van der Waals surface area (Å²) in [4.78, 5) is 16.7. The highest BCUT2D eigenvalue weighted by atomic mass is 35.5. The van der Waals surface area contributed by atoms with Crippen LogP contribution in [0.3, 0.4) is 0 Å². The quantitative estimate of drug-likeness (QED) is 0.556. The second-order valence-corrected chi connectivity index (χ2v) is 6.34. The SMILES string of the molecule is COc1cc(-n2cccc2)c(Cl)cc1C(=O)Nc1ccc(-n2cncn2)cc1. The van der Waals surface area contributed by atoms with Crippen LogP contribution in [0.15, 0.2) is 73.6 Å². The van der Waals surface area contributed by atoms with E-state index in [0.717, 1.165) is 11.4 Å². The Bertz CT molecular complexity index is 1090. The molecule has 28 heavy (non-hydrogen) atoms. The molecule has 2 aromatic carbocycles. The van der Waals surface area contributed by atoms with Gasteiger partial charge in [0.2, 0.25) is 0 Å². The molecule has 0 bridgehead atoms. The Morgan fingerprint density at radius 1 is 1.14 bits per heavy atom. The van der Waals surface area contributed by atoms with Gasteiger partial charge in [-0.15, -0.1) is 0 Å². The number of hydrogen-bond donors (Lipinski definition) is 1. The van der Waals surface area contributed by atoms with Gasteiger partial charge in [0.1, 0.15) is 18.4 Å². The predicted molar refractivity (Wildman–Crippen MR) is 107 cm³/mol. The number of rotatable bonds is 5. The number of aromatic nitrogens is 4. The van der Waals surface area contributed by atoms with Crippen LogP contribution in [0.4, 0.5) is 5.69 Å². The summed E-state index contributed by atoms with van der Waals surface area (Å²) in [7, 11) is 1.52. The van der Waals surface area contributed by atoms with Crippen molar-refractivity contribution in [2.75, 3.05) is 12.4 Å². The Labute approximate surface area is 166 Å². The van der Waals surface area contributed by atoms with E-state index in [1.807, 2.05) is 41.2 Å². The van der Waals surface area contributed by atoms with E-state index < -0.39 is 0 Å². The minimum Gasteiger partial charge on any atom is -0.496 e. The fourth-order valence-electron chi connectivity index (χ4n) is 2.82. The third-order valence-corrected chi connectivity index (χ3v) is 4.51. The van der Waals surface area contributed by atoms with Crippen molar-refractivity contribution in [2.24, 2.45) is 0 Å². The summed E-state index contributed by atoms with van der Waals surface area (Å²) >= 11 is 6.40. The van der Waals surface area contributed by atoms with Crippen molar-refractivity contribution >= 4 is 23.2 Å². The van der Waals surface area contributed by atoms with Gasteiger partial charge in [0.05, 0.1) is 29.1 Å². The molecule has 0 aliphatic carbocycles. The average Bonchev–Trinajstić information content (AvgIpc) is 3.42. The second kappa shape index (κ2) is 7.58. The normalized spacial score (nSPS) is 10.6. The third kappa shape index (κ3) is 3.47. The van der Waals surface area contributed by atoms with E-state index in [-0.39, 0.29) is 5.91 Å². The smallest absolute Gasteiger partial charge is 0.259 e. The van der Waals surface area contributed by atoms with Crippen LogP contribution in [0.5, 0.6) is 5.75 Å². The summed E-state index contributed by atoms with van der Waals surface area (Å²) in [5.74, 6) is 0.121. The molecule has 0 saturated carbocycles. The second-order valence-electron chi connectivity index (χ2n) is 5.94. The maximum absolute atomic E-state index is 12.8. The highest BCUT2D eigenvalue weighted by molar-refractivity contribution is 6.33. The molecule has 0 unspecified atom stereocenters. The number of benzene rings is 2. The van der Waals surface area contributed by atoms with Crippen LogP contribution < -0.4 is 10.1 Å². The van der Waals surface area contributed by atoms with Crippen molar-refractivity contribution in [3.8, 4) is 17.1 Å². The Hall–Kier alpha value is -3.58. The first kappa shape index (κ1) is 17.8. The van der Waals surface area contributed by atoms with E-state index in [1.165, 1.54) is 13.4 Å². The Morgan fingerprint density at radius 3 is 2.54 bits per heavy atom. The van der Waals surface area contributed by atoms with Crippen molar-refractivity contribution in [3.63, 3.8) is 0 Å². The topological polar surface area (TPSA) is 74.0 Å². The number of amides is 1. The maximum atomic E-state index is 12.8. The minimum absolute atomic E-state index is 0.314. The molecule has 4 rings (SSSR count). The van der Waals surface area contributed by atoms with Crippen LogP contribution in [-0.4, -0.2) is 32.3 Å². The number of carbonyl (C=O) groups is 1. The molecule has 7 nitrogen and oxygen atoms in total. The summed E-state index contributed by atoms with van der Waals surface area (Å²) in [6.45, 7) is 0. The molecule has 8 heteroatoms. The number of nitrogens with zero attached hydrogens (tertiary/aromatic N) is 4. The molecule has 1 amide bonds. The molecule has 2 aromatic heterocycles. The van der Waals surface area contributed by atoms with Crippen molar-refractivity contribution in [2.45, 2.75) is 0 Å². The van der Waals surface area contributed by atoms with Gasteiger partial charge in [0.25, 0.3) is 5.91 Å². The molecule has 140 valence electrons. The van der Waals surface area contributed by atoms with Gasteiger partial charge >= 0.3 is 0 Å². The molecule has 4 aromatic rings. The molecule has 0 radical (unpaired) electrons. The fraction of sp³-hybridized carbons (Fsp3) is 0.0500. The number of hydrogen-bond acceptors (Lipinski definition) is 4. The summed E-state index contributed by atoms with van der Waals surface area (Å²) < 4.78 is 8.90. The zero-order valence-corrected chi connectivity index (χ0v) is 15.7. The van der Waals surface area contributed by atoms with E-state index in [0.29, 0.717) is 22.0 Å². The highest BCUT2D eigenvalue weighted by Gasteiger charge is 2.17. The van der Waals surface area contributed by atoms with E-state index in [4.69, 9.17) is 16.3 Å². The van der Waals surface area contributed by atoms with Crippen LogP contribution in [0.2, 0.25) is 5.02 Å². The van der Waals surface area contributed by atoms with Gasteiger partial charge in [-0.1, -0.05) is 11.6 Å². The summed E-state index contributed by atoms with van der Waals surface area (Å²) in [5, 5.41) is 7.38. The summed E-state index contributed by atoms with van der Waals surface area (Å²) in [6.07, 6.45) is 6.81. The predicted octanol–water partition coefficient (Wildman–Crippen LogP) is 3.97. The first-order valence-corrected chi connectivity index (χ1v) is 8.81. The monoisotopic (exact) mass is 393 g/mol. The number of halogens is 1. The maximum Gasteiger partial charge on any atom is 0.259 e. The third-order valence-electron chi connectivity index (χ3n) is 4.20. The molecule has 0 aliphatic rings. The van der Waals surface area contributed by atoms with Crippen molar-refractivity contribution < 1.29 is 9.53 Å². The summed E-state index contributed by atoms with van der Waals surface area (Å²) in [6, 6.07) is 14.4. The van der Waals surface area contributed by atoms with Gasteiger partial charge in [-0.05, 0) is 42.5 Å². The molecular weight excluding hydrogens is 378 g/mol. The van der Waals surface area contributed by atoms with Crippen LogP contribution in [-0.2, 0) is 0 Å². The largest absolute Gasteiger partial charge is 0.496 e. The molecule has 0 fully saturated rings. The molecule has 0 spiro atoms. The number of ether oxygens (including phenoxy) is 1. The Kier molecular flexibility index (Phi) is 4.82. The van der Waals surface area contributed by atoms with Gasteiger partial charge in [-0.2, -0.15) is 5.10 Å². The van der Waals surface area contributed by atoms with Crippen molar-refractivity contribution in [1.82, 2.24) is 19.3 Å². The zero-order valence-electron chi connectivity index (χ0n) is 14.9. The molecular formula is C20H16ClN5O2. The van der Waals surface area contributed by atoms with E-state index in [9.17, 15) is 4.79 Å². The van der Waals surface area contributed by atoms with Crippen LogP contribution in [0, 0.1) is 0 Å². The number of methoxy groups -OCH3 is 1. The number of anilines is 1. The Morgan fingerprint density at radius 2 is 1.89 bits per heavy atom. The lowest BCUT2D eigenvalue weighted by Crippen LogP contribution is -2.14. The zero-order chi connectivity index (χ0) is 19.5. The molecule has 0 aliphatic heterocycles. The van der Waals surface area contributed by atoms with E-state index in [2.05, 4.69) is 15.4 Å². The van der Waals surface area contributed by atoms with Gasteiger partial charge in [-0.25, -0.2) is 9.67 Å². The van der Waals surface area contributed by atoms with Gasteiger partial charge < -0.3 is 14.6 Å². The van der Waals surface area contributed by atoms with Crippen LogP contribution in [0.25, 0.3) is 11.4 Å². The molecule has 2 heterocycles. The summed E-state index contributed by atoms with van der Waals surface area (Å²) in [5.41, 5.74) is 2.56. The van der Waals surface area contributed by atoms with E-state index >= 15 is 0 Å². The van der Waals surface area contributed by atoms with Crippen molar-refractivity contribution in [3.05, 3.63) is 84.2 Å². The van der Waals surface area contributed by atoms with Gasteiger partial charge in [0, 0.05) is 24.1 Å². The van der Waals surface area contributed by atoms with Crippen LogP contribution in [0.1, 0.15) is 10.4 Å². The molecule has 0 saturated heterocycles. The first-order valence-electron chi connectivity index (χ1n) is 8.43. The molecule has 1 N–H and O–H groups in total. The Balaban J connectivity index is 1.58. The molecule has 0 atom stereocenters. The lowest BCUT2D eigenvalue weighted by atomic mass is 10.1.